The zero-order valence-corrected chi connectivity index (χ0v) is 28.1. The third kappa shape index (κ3) is 3.53. The number of hydrogen-bond donors (Lipinski definition) is 0. The molecule has 0 heterocycles. The predicted molar refractivity (Wildman–Crippen MR) is 208 cm³/mol. The summed E-state index contributed by atoms with van der Waals surface area (Å²) in [6.07, 6.45) is 0. The molecule has 1 nitrogen and oxygen atoms in total. The minimum atomic E-state index is -0.0879. The average molecular weight is 614 g/mol. The summed E-state index contributed by atoms with van der Waals surface area (Å²) in [5.41, 5.74) is 15.7. The van der Waals surface area contributed by atoms with Crippen LogP contribution in [0.25, 0.3) is 54.6 Å². The SMILES string of the molecule is Bc1ccc2ccc3c(N(c4ccc5c(c4)C(C)(C)c4ccccc4-5)c4ccc5c(c4)C(C)(C)c4ccccc4-5)ccc4ccc1c2c43. The molecule has 0 atom stereocenters. The topological polar surface area (TPSA) is 3.24 Å². The fourth-order valence-corrected chi connectivity index (χ4v) is 9.22. The Kier molecular flexibility index (Phi) is 5.43. The molecule has 0 bridgehead atoms. The Hall–Kier alpha value is -5.34. The van der Waals surface area contributed by atoms with E-state index in [1.807, 2.05) is 0 Å². The highest BCUT2D eigenvalue weighted by molar-refractivity contribution is 6.42. The Morgan fingerprint density at radius 1 is 0.438 bits per heavy atom. The molecule has 2 aliphatic rings. The predicted octanol–water partition coefficient (Wildman–Crippen LogP) is 10.9. The van der Waals surface area contributed by atoms with Gasteiger partial charge in [-0.3, -0.25) is 0 Å². The highest BCUT2D eigenvalue weighted by atomic mass is 15.1. The zero-order chi connectivity index (χ0) is 32.5. The van der Waals surface area contributed by atoms with Gasteiger partial charge in [0.25, 0.3) is 0 Å². The average Bonchev–Trinajstić information content (AvgIpc) is 3.48. The highest BCUT2D eigenvalue weighted by Crippen LogP contribution is 2.54. The van der Waals surface area contributed by atoms with Crippen molar-refractivity contribution in [3.8, 4) is 22.3 Å². The van der Waals surface area contributed by atoms with E-state index in [0.29, 0.717) is 0 Å². The molecule has 0 fully saturated rings. The lowest BCUT2D eigenvalue weighted by atomic mass is 9.82. The summed E-state index contributed by atoms with van der Waals surface area (Å²) in [6, 6.07) is 50.6. The number of fused-ring (bicyclic) bond motifs is 6. The summed E-state index contributed by atoms with van der Waals surface area (Å²) < 4.78 is 0. The monoisotopic (exact) mass is 613 g/mol. The van der Waals surface area contributed by atoms with Crippen LogP contribution in [0, 0.1) is 0 Å². The lowest BCUT2D eigenvalue weighted by Crippen LogP contribution is -2.18. The van der Waals surface area contributed by atoms with Gasteiger partial charge in [0, 0.05) is 27.6 Å². The van der Waals surface area contributed by atoms with Gasteiger partial charge in [-0.15, -0.1) is 0 Å². The Balaban J connectivity index is 1.26. The van der Waals surface area contributed by atoms with Crippen LogP contribution in [0.15, 0.2) is 133 Å². The second-order valence-electron chi connectivity index (χ2n) is 15.0. The molecule has 48 heavy (non-hydrogen) atoms. The number of hydrogen-bond acceptors (Lipinski definition) is 1. The molecule has 8 aromatic carbocycles. The normalized spacial score (nSPS) is 15.1. The summed E-state index contributed by atoms with van der Waals surface area (Å²) >= 11 is 0. The number of benzene rings is 8. The van der Waals surface area contributed by atoms with Crippen molar-refractivity contribution in [1.82, 2.24) is 0 Å². The molecular formula is C46H36BN. The van der Waals surface area contributed by atoms with E-state index in [1.165, 1.54) is 99.3 Å². The van der Waals surface area contributed by atoms with Crippen LogP contribution in [-0.4, -0.2) is 7.85 Å². The smallest absolute Gasteiger partial charge is 0.140 e. The van der Waals surface area contributed by atoms with Gasteiger partial charge in [0.1, 0.15) is 7.85 Å². The molecule has 2 heteroatoms. The third-order valence-electron chi connectivity index (χ3n) is 11.8. The molecule has 2 aliphatic carbocycles. The van der Waals surface area contributed by atoms with Crippen molar-refractivity contribution in [3.05, 3.63) is 156 Å². The van der Waals surface area contributed by atoms with Crippen LogP contribution >= 0.6 is 0 Å². The van der Waals surface area contributed by atoms with Crippen molar-refractivity contribution in [3.63, 3.8) is 0 Å². The highest BCUT2D eigenvalue weighted by Gasteiger charge is 2.37. The van der Waals surface area contributed by atoms with E-state index in [-0.39, 0.29) is 10.8 Å². The van der Waals surface area contributed by atoms with E-state index < -0.39 is 0 Å². The van der Waals surface area contributed by atoms with Crippen LogP contribution in [0.4, 0.5) is 17.1 Å². The van der Waals surface area contributed by atoms with Crippen LogP contribution in [0.2, 0.25) is 0 Å². The van der Waals surface area contributed by atoms with Gasteiger partial charge in [0.15, 0.2) is 0 Å². The largest absolute Gasteiger partial charge is 0.310 e. The first-order chi connectivity index (χ1) is 23.2. The van der Waals surface area contributed by atoms with E-state index in [0.717, 1.165) is 0 Å². The molecule has 0 N–H and O–H groups in total. The molecule has 0 amide bonds. The first-order valence-electron chi connectivity index (χ1n) is 17.2. The maximum atomic E-state index is 2.53. The van der Waals surface area contributed by atoms with Crippen LogP contribution < -0.4 is 10.4 Å². The molecule has 0 spiro atoms. The minimum absolute atomic E-state index is 0.0879. The number of nitrogens with zero attached hydrogens (tertiary/aromatic N) is 1. The van der Waals surface area contributed by atoms with E-state index in [4.69, 9.17) is 0 Å². The van der Waals surface area contributed by atoms with Gasteiger partial charge in [-0.05, 0) is 102 Å². The van der Waals surface area contributed by atoms with E-state index in [9.17, 15) is 0 Å². The quantitative estimate of drug-likeness (QED) is 0.142. The fourth-order valence-electron chi connectivity index (χ4n) is 9.22. The second kappa shape index (κ2) is 9.39. The molecule has 0 aliphatic heterocycles. The number of rotatable bonds is 3. The summed E-state index contributed by atoms with van der Waals surface area (Å²) in [5, 5.41) is 7.91. The summed E-state index contributed by atoms with van der Waals surface area (Å²) in [5.74, 6) is 0. The zero-order valence-electron chi connectivity index (χ0n) is 28.1. The van der Waals surface area contributed by atoms with Crippen molar-refractivity contribution in [2.24, 2.45) is 0 Å². The number of anilines is 3. The third-order valence-corrected chi connectivity index (χ3v) is 11.8. The Morgan fingerprint density at radius 2 is 0.896 bits per heavy atom. The van der Waals surface area contributed by atoms with Gasteiger partial charge in [-0.2, -0.15) is 0 Å². The lowest BCUT2D eigenvalue weighted by molar-refractivity contribution is 0.660. The van der Waals surface area contributed by atoms with Crippen molar-refractivity contribution in [1.29, 1.82) is 0 Å². The van der Waals surface area contributed by atoms with Gasteiger partial charge in [0.05, 0.1) is 5.69 Å². The molecule has 0 radical (unpaired) electrons. The molecule has 10 rings (SSSR count). The van der Waals surface area contributed by atoms with E-state index in [2.05, 4.69) is 174 Å². The summed E-state index contributed by atoms with van der Waals surface area (Å²) in [6.45, 7) is 9.50. The first-order valence-corrected chi connectivity index (χ1v) is 17.2. The summed E-state index contributed by atoms with van der Waals surface area (Å²) in [7, 11) is 2.23. The molecule has 228 valence electrons. The van der Waals surface area contributed by atoms with Crippen LogP contribution in [-0.2, 0) is 10.8 Å². The Bertz CT molecular complexity index is 2530. The fraction of sp³-hybridized carbons (Fsp3) is 0.130. The van der Waals surface area contributed by atoms with E-state index in [1.54, 1.807) is 0 Å². The van der Waals surface area contributed by atoms with Crippen molar-refractivity contribution >= 4 is 62.7 Å². The molecule has 0 aromatic heterocycles. The second-order valence-corrected chi connectivity index (χ2v) is 15.0. The standard InChI is InChI=1S/C46H36BN/c1-45(2)37-11-7-5-9-31(37)33-21-17-29(25-39(33)45)48(30-18-22-34-32-10-6-8-12-38(32)46(3,4)40(34)26-30)42-24-16-28-13-19-35-41(47)23-15-27-14-20-36(42)44(28)43(27)35/h5-26H,47H2,1-4H3. The maximum absolute atomic E-state index is 2.53. The first kappa shape index (κ1) is 27.7. The van der Waals surface area contributed by atoms with Gasteiger partial charge in [0.2, 0.25) is 0 Å². The summed E-state index contributed by atoms with van der Waals surface area (Å²) in [4.78, 5) is 2.53. The Labute approximate surface area is 283 Å². The van der Waals surface area contributed by atoms with Gasteiger partial charge >= 0.3 is 0 Å². The maximum Gasteiger partial charge on any atom is 0.140 e. The van der Waals surface area contributed by atoms with Crippen molar-refractivity contribution in [2.75, 3.05) is 4.90 Å². The lowest BCUT2D eigenvalue weighted by Gasteiger charge is -2.31. The van der Waals surface area contributed by atoms with Gasteiger partial charge in [-0.25, -0.2) is 0 Å². The molecule has 0 unspecified atom stereocenters. The van der Waals surface area contributed by atoms with Crippen LogP contribution in [0.3, 0.4) is 0 Å². The van der Waals surface area contributed by atoms with E-state index >= 15 is 0 Å². The molecular weight excluding hydrogens is 577 g/mol. The molecule has 8 aromatic rings. The van der Waals surface area contributed by atoms with Crippen molar-refractivity contribution < 1.29 is 0 Å². The van der Waals surface area contributed by atoms with Crippen molar-refractivity contribution in [2.45, 2.75) is 38.5 Å². The minimum Gasteiger partial charge on any atom is -0.310 e. The van der Waals surface area contributed by atoms with Gasteiger partial charge in [-0.1, -0.05) is 136 Å². The van der Waals surface area contributed by atoms with Crippen LogP contribution in [0.1, 0.15) is 49.9 Å². The van der Waals surface area contributed by atoms with Gasteiger partial charge < -0.3 is 4.90 Å². The Morgan fingerprint density at radius 3 is 1.48 bits per heavy atom. The van der Waals surface area contributed by atoms with Crippen LogP contribution in [0.5, 0.6) is 0 Å². The molecule has 0 saturated heterocycles. The molecule has 0 saturated carbocycles.